The number of nitrogens with zero attached hydrogens (tertiary/aromatic N) is 1. The predicted molar refractivity (Wildman–Crippen MR) is 86.5 cm³/mol. The summed E-state index contributed by atoms with van der Waals surface area (Å²) in [4.78, 5) is 12.4. The van der Waals surface area contributed by atoms with E-state index in [0.29, 0.717) is 53.8 Å². The number of hydrogen-bond acceptors (Lipinski definition) is 5. The Labute approximate surface area is 139 Å². The van der Waals surface area contributed by atoms with Crippen molar-refractivity contribution in [3.05, 3.63) is 40.6 Å². The number of nitrogens with one attached hydrogen (secondary N) is 1. The molecule has 1 aromatic heterocycles. The number of aliphatic hydroxyl groups excluding tert-OH is 1. The molecule has 0 fully saturated rings. The Morgan fingerprint density at radius 2 is 2.17 bits per heavy atom. The molecule has 0 spiro atoms. The Hall–Kier alpha value is -1.89. The Morgan fingerprint density at radius 3 is 2.91 bits per heavy atom. The van der Waals surface area contributed by atoms with Gasteiger partial charge in [0.05, 0.1) is 18.2 Å². The highest BCUT2D eigenvalue weighted by Crippen LogP contribution is 2.30. The molecule has 0 radical (unpaired) electrons. The highest BCUT2D eigenvalue weighted by molar-refractivity contribution is 6.33. The highest BCUT2D eigenvalue weighted by atomic mass is 35.5. The molecule has 6 nitrogen and oxygen atoms in total. The molecule has 0 unspecified atom stereocenters. The van der Waals surface area contributed by atoms with E-state index in [1.807, 2.05) is 12.1 Å². The van der Waals surface area contributed by atoms with Crippen LogP contribution in [0, 0.1) is 6.92 Å². The zero-order valence-corrected chi connectivity index (χ0v) is 13.6. The van der Waals surface area contributed by atoms with Crippen molar-refractivity contribution >= 4 is 17.5 Å². The quantitative estimate of drug-likeness (QED) is 0.722. The Morgan fingerprint density at radius 1 is 1.39 bits per heavy atom. The van der Waals surface area contributed by atoms with E-state index in [1.165, 1.54) is 0 Å². The summed E-state index contributed by atoms with van der Waals surface area (Å²) < 4.78 is 10.3. The summed E-state index contributed by atoms with van der Waals surface area (Å²) in [5.41, 5.74) is 1.47. The number of hydrogen-bond donors (Lipinski definition) is 2. The van der Waals surface area contributed by atoms with E-state index in [2.05, 4.69) is 10.5 Å². The standard InChI is InChI=1S/C16H19ClN2O4/c1-11-14(16(21)18-7-4-9-22-10-8-20)15(19-23-11)12-5-2-3-6-13(12)17/h2-3,5-6,20H,4,7-10H2,1H3,(H,18,21). The van der Waals surface area contributed by atoms with Gasteiger partial charge in [0.2, 0.25) is 0 Å². The lowest BCUT2D eigenvalue weighted by atomic mass is 10.1. The van der Waals surface area contributed by atoms with E-state index >= 15 is 0 Å². The van der Waals surface area contributed by atoms with Gasteiger partial charge in [-0.05, 0) is 19.4 Å². The lowest BCUT2D eigenvalue weighted by Crippen LogP contribution is -2.26. The smallest absolute Gasteiger partial charge is 0.257 e. The number of aliphatic hydroxyl groups is 1. The van der Waals surface area contributed by atoms with Gasteiger partial charge in [-0.1, -0.05) is 35.0 Å². The number of amides is 1. The molecule has 2 rings (SSSR count). The third kappa shape index (κ3) is 4.54. The van der Waals surface area contributed by atoms with Gasteiger partial charge in [-0.25, -0.2) is 0 Å². The van der Waals surface area contributed by atoms with Crippen molar-refractivity contribution in [1.29, 1.82) is 0 Å². The van der Waals surface area contributed by atoms with E-state index in [0.717, 1.165) is 0 Å². The first-order valence-corrected chi connectivity index (χ1v) is 7.71. The minimum absolute atomic E-state index is 0.00651. The molecule has 1 heterocycles. The second-order valence-corrected chi connectivity index (χ2v) is 5.29. The van der Waals surface area contributed by atoms with Crippen LogP contribution in [0.1, 0.15) is 22.5 Å². The SMILES string of the molecule is Cc1onc(-c2ccccc2Cl)c1C(=O)NCCCOCCO. The second-order valence-electron chi connectivity index (χ2n) is 4.89. The van der Waals surface area contributed by atoms with E-state index in [9.17, 15) is 4.79 Å². The molecule has 1 aromatic carbocycles. The van der Waals surface area contributed by atoms with E-state index in [1.54, 1.807) is 19.1 Å². The minimum atomic E-state index is -0.263. The van der Waals surface area contributed by atoms with Gasteiger partial charge in [0.25, 0.3) is 5.91 Å². The van der Waals surface area contributed by atoms with E-state index in [-0.39, 0.29) is 12.5 Å². The molecular weight excluding hydrogens is 320 g/mol. The topological polar surface area (TPSA) is 84.6 Å². The first-order valence-electron chi connectivity index (χ1n) is 7.33. The second kappa shape index (κ2) is 8.67. The molecule has 2 N–H and O–H groups in total. The maximum atomic E-state index is 12.4. The fourth-order valence-electron chi connectivity index (χ4n) is 2.11. The van der Waals surface area contributed by atoms with Gasteiger partial charge >= 0.3 is 0 Å². The first kappa shape index (κ1) is 17.5. The number of carbonyl (C=O) groups excluding carboxylic acids is 1. The molecule has 0 saturated heterocycles. The molecule has 0 bridgehead atoms. The summed E-state index contributed by atoms with van der Waals surface area (Å²) >= 11 is 6.17. The summed E-state index contributed by atoms with van der Waals surface area (Å²) in [7, 11) is 0. The lowest BCUT2D eigenvalue weighted by Gasteiger charge is -2.07. The van der Waals surface area contributed by atoms with Crippen LogP contribution in [-0.2, 0) is 4.74 Å². The van der Waals surface area contributed by atoms with Crippen molar-refractivity contribution in [1.82, 2.24) is 10.5 Å². The third-order valence-corrected chi connectivity index (χ3v) is 3.53. The monoisotopic (exact) mass is 338 g/mol. The average molecular weight is 339 g/mol. The van der Waals surface area contributed by atoms with Crippen LogP contribution in [0.2, 0.25) is 5.02 Å². The number of benzene rings is 1. The van der Waals surface area contributed by atoms with Crippen molar-refractivity contribution in [2.75, 3.05) is 26.4 Å². The molecule has 2 aromatic rings. The molecule has 7 heteroatoms. The number of ether oxygens (including phenoxy) is 1. The zero-order valence-electron chi connectivity index (χ0n) is 12.8. The van der Waals surface area contributed by atoms with Gasteiger partial charge in [-0.2, -0.15) is 0 Å². The molecule has 0 aliphatic carbocycles. The fraction of sp³-hybridized carbons (Fsp3) is 0.375. The van der Waals surface area contributed by atoms with Crippen LogP contribution in [0.4, 0.5) is 0 Å². The molecule has 0 saturated carbocycles. The number of aromatic nitrogens is 1. The average Bonchev–Trinajstić information content (AvgIpc) is 2.92. The molecule has 1 amide bonds. The van der Waals surface area contributed by atoms with Crippen LogP contribution < -0.4 is 5.32 Å². The van der Waals surface area contributed by atoms with Crippen LogP contribution in [0.3, 0.4) is 0 Å². The number of halogens is 1. The normalized spacial score (nSPS) is 10.7. The van der Waals surface area contributed by atoms with Crippen molar-refractivity contribution in [2.45, 2.75) is 13.3 Å². The summed E-state index contributed by atoms with van der Waals surface area (Å²) in [6.45, 7) is 2.91. The van der Waals surface area contributed by atoms with E-state index in [4.69, 9.17) is 26.0 Å². The predicted octanol–water partition coefficient (Wildman–Crippen LogP) is 2.43. The molecule has 0 aliphatic rings. The van der Waals surface area contributed by atoms with Gasteiger partial charge in [-0.15, -0.1) is 0 Å². The Balaban J connectivity index is 2.04. The zero-order chi connectivity index (χ0) is 16.7. The van der Waals surface area contributed by atoms with Crippen LogP contribution in [0.25, 0.3) is 11.3 Å². The molecule has 23 heavy (non-hydrogen) atoms. The number of aryl methyl sites for hydroxylation is 1. The Bertz CT molecular complexity index is 657. The van der Waals surface area contributed by atoms with Crippen LogP contribution in [-0.4, -0.2) is 42.5 Å². The first-order chi connectivity index (χ1) is 11.1. The third-order valence-electron chi connectivity index (χ3n) is 3.21. The number of rotatable bonds is 8. The summed E-state index contributed by atoms with van der Waals surface area (Å²) in [5, 5.41) is 15.9. The van der Waals surface area contributed by atoms with E-state index < -0.39 is 0 Å². The van der Waals surface area contributed by atoms with Gasteiger partial charge < -0.3 is 19.7 Å². The van der Waals surface area contributed by atoms with Crippen molar-refractivity contribution in [2.24, 2.45) is 0 Å². The van der Waals surface area contributed by atoms with Gasteiger partial charge in [-0.3, -0.25) is 4.79 Å². The maximum absolute atomic E-state index is 12.4. The number of carbonyl (C=O) groups is 1. The fourth-order valence-corrected chi connectivity index (χ4v) is 2.33. The minimum Gasteiger partial charge on any atom is -0.394 e. The van der Waals surface area contributed by atoms with Crippen molar-refractivity contribution < 1.29 is 19.2 Å². The van der Waals surface area contributed by atoms with Gasteiger partial charge in [0.1, 0.15) is 17.0 Å². The summed E-state index contributed by atoms with van der Waals surface area (Å²) in [6, 6.07) is 7.16. The molecule has 0 atom stereocenters. The van der Waals surface area contributed by atoms with Gasteiger partial charge in [0.15, 0.2) is 0 Å². The molecular formula is C16H19ClN2O4. The maximum Gasteiger partial charge on any atom is 0.257 e. The molecule has 0 aliphatic heterocycles. The lowest BCUT2D eigenvalue weighted by molar-refractivity contribution is 0.0867. The van der Waals surface area contributed by atoms with Crippen LogP contribution >= 0.6 is 11.6 Å². The van der Waals surface area contributed by atoms with Gasteiger partial charge in [0, 0.05) is 18.7 Å². The summed E-state index contributed by atoms with van der Waals surface area (Å²) in [6.07, 6.45) is 0.650. The van der Waals surface area contributed by atoms with Crippen molar-refractivity contribution in [3.63, 3.8) is 0 Å². The summed E-state index contributed by atoms with van der Waals surface area (Å²) in [5.74, 6) is 0.176. The van der Waals surface area contributed by atoms with Crippen molar-refractivity contribution in [3.8, 4) is 11.3 Å². The largest absolute Gasteiger partial charge is 0.394 e. The van der Waals surface area contributed by atoms with Crippen LogP contribution in [0.5, 0.6) is 0 Å². The van der Waals surface area contributed by atoms with Crippen LogP contribution in [0.15, 0.2) is 28.8 Å². The Kier molecular flexibility index (Phi) is 6.58. The molecule has 124 valence electrons. The highest BCUT2D eigenvalue weighted by Gasteiger charge is 2.22.